The second-order valence-corrected chi connectivity index (χ2v) is 7.62. The molecule has 1 unspecified atom stereocenters. The van der Waals surface area contributed by atoms with Crippen LogP contribution in [0.3, 0.4) is 0 Å². The van der Waals surface area contributed by atoms with Gasteiger partial charge in [-0.3, -0.25) is 9.89 Å². The van der Waals surface area contributed by atoms with Gasteiger partial charge in [0.2, 0.25) is 5.91 Å². The Morgan fingerprint density at radius 3 is 2.83 bits per heavy atom. The number of rotatable bonds is 5. The summed E-state index contributed by atoms with van der Waals surface area (Å²) in [5, 5.41) is 7.61. The van der Waals surface area contributed by atoms with E-state index in [1.165, 1.54) is 0 Å². The van der Waals surface area contributed by atoms with Crippen molar-refractivity contribution in [2.45, 2.75) is 38.6 Å². The van der Waals surface area contributed by atoms with E-state index in [1.54, 1.807) is 17.1 Å². The van der Waals surface area contributed by atoms with Gasteiger partial charge < -0.3 is 14.2 Å². The summed E-state index contributed by atoms with van der Waals surface area (Å²) < 4.78 is 8.00. The molecule has 1 aliphatic heterocycles. The van der Waals surface area contributed by atoms with Crippen molar-refractivity contribution in [1.82, 2.24) is 24.6 Å². The number of aromatic amines is 1. The van der Waals surface area contributed by atoms with Crippen LogP contribution in [0.5, 0.6) is 5.75 Å². The SMILES string of the molecule is CCOc1cccc(C(C(=O)N2CCCCCC2)n2cnc3[nH]ncc3c2=S)c1. The van der Waals surface area contributed by atoms with Crippen LogP contribution in [0.25, 0.3) is 11.0 Å². The maximum atomic E-state index is 13.7. The van der Waals surface area contributed by atoms with Gasteiger partial charge in [0.05, 0.1) is 24.5 Å². The molecule has 3 heterocycles. The van der Waals surface area contributed by atoms with Crippen LogP contribution in [0.2, 0.25) is 0 Å². The minimum absolute atomic E-state index is 0.0429. The number of likely N-dealkylation sites (tertiary alicyclic amines) is 1. The van der Waals surface area contributed by atoms with Crippen LogP contribution in [-0.2, 0) is 4.79 Å². The number of fused-ring (bicyclic) bond motifs is 1. The van der Waals surface area contributed by atoms with Gasteiger partial charge in [0.25, 0.3) is 0 Å². The van der Waals surface area contributed by atoms with Crippen LogP contribution < -0.4 is 4.74 Å². The fourth-order valence-electron chi connectivity index (χ4n) is 3.86. The highest BCUT2D eigenvalue weighted by Crippen LogP contribution is 2.27. The first-order valence-electron chi connectivity index (χ1n) is 10.1. The molecule has 1 saturated heterocycles. The molecule has 1 aromatic carbocycles. The van der Waals surface area contributed by atoms with Crippen molar-refractivity contribution in [3.05, 3.63) is 47.0 Å². The number of aromatic nitrogens is 4. The summed E-state index contributed by atoms with van der Waals surface area (Å²) in [6.07, 6.45) is 7.68. The van der Waals surface area contributed by atoms with Crippen LogP contribution in [0.15, 0.2) is 36.8 Å². The predicted molar refractivity (Wildman–Crippen MR) is 114 cm³/mol. The molecule has 0 radical (unpaired) electrons. The number of carbonyl (C=O) groups excluding carboxylic acids is 1. The second kappa shape index (κ2) is 8.73. The number of ether oxygens (including phenoxy) is 1. The molecule has 2 aromatic heterocycles. The number of hydrogen-bond donors (Lipinski definition) is 1. The molecule has 4 rings (SSSR count). The molecule has 1 amide bonds. The highest BCUT2D eigenvalue weighted by molar-refractivity contribution is 7.71. The zero-order valence-electron chi connectivity index (χ0n) is 16.5. The van der Waals surface area contributed by atoms with E-state index >= 15 is 0 Å². The van der Waals surface area contributed by atoms with Crippen molar-refractivity contribution in [3.8, 4) is 5.75 Å². The van der Waals surface area contributed by atoms with Crippen molar-refractivity contribution < 1.29 is 9.53 Å². The van der Waals surface area contributed by atoms with E-state index < -0.39 is 6.04 Å². The van der Waals surface area contributed by atoms with Crippen molar-refractivity contribution in [2.24, 2.45) is 0 Å². The molecule has 1 N–H and O–H groups in total. The molecule has 1 fully saturated rings. The normalized spacial score (nSPS) is 15.8. The Kier molecular flexibility index (Phi) is 5.89. The Balaban J connectivity index is 1.81. The topological polar surface area (TPSA) is 76.0 Å². The molecular weight excluding hydrogens is 386 g/mol. The number of amides is 1. The third kappa shape index (κ3) is 4.03. The fourth-order valence-corrected chi connectivity index (χ4v) is 4.16. The summed E-state index contributed by atoms with van der Waals surface area (Å²) in [6.45, 7) is 4.06. The van der Waals surface area contributed by atoms with E-state index in [0.717, 1.165) is 55.5 Å². The molecule has 0 aliphatic carbocycles. The van der Waals surface area contributed by atoms with Gasteiger partial charge in [-0.05, 0) is 37.5 Å². The summed E-state index contributed by atoms with van der Waals surface area (Å²) in [6, 6.07) is 7.09. The summed E-state index contributed by atoms with van der Waals surface area (Å²) in [5.74, 6) is 0.781. The largest absolute Gasteiger partial charge is 0.494 e. The second-order valence-electron chi connectivity index (χ2n) is 7.24. The summed E-state index contributed by atoms with van der Waals surface area (Å²) >= 11 is 5.72. The molecular formula is C21H25N5O2S. The van der Waals surface area contributed by atoms with Gasteiger partial charge in [0.1, 0.15) is 16.4 Å². The van der Waals surface area contributed by atoms with Crippen LogP contribution in [0.4, 0.5) is 0 Å². The molecule has 8 heteroatoms. The lowest BCUT2D eigenvalue weighted by Crippen LogP contribution is -2.38. The van der Waals surface area contributed by atoms with Crippen molar-refractivity contribution in [1.29, 1.82) is 0 Å². The standard InChI is InChI=1S/C21H25N5O2S/c1-2-28-16-9-7-8-15(12-16)18(20(27)25-10-5-3-4-6-11-25)26-14-22-19-17(21(26)29)13-23-24-19/h7-9,12-14,18H,2-6,10-11H2,1H3,(H,23,24). The molecule has 7 nitrogen and oxygen atoms in total. The van der Waals surface area contributed by atoms with Crippen LogP contribution in [0.1, 0.15) is 44.2 Å². The molecule has 0 saturated carbocycles. The van der Waals surface area contributed by atoms with E-state index in [2.05, 4.69) is 15.2 Å². The Morgan fingerprint density at radius 1 is 1.28 bits per heavy atom. The number of nitrogens with zero attached hydrogens (tertiary/aromatic N) is 4. The maximum absolute atomic E-state index is 13.7. The Hall–Kier alpha value is -2.74. The summed E-state index contributed by atoms with van der Waals surface area (Å²) in [4.78, 5) is 20.1. The van der Waals surface area contributed by atoms with Gasteiger partial charge in [-0.15, -0.1) is 0 Å². The van der Waals surface area contributed by atoms with Gasteiger partial charge >= 0.3 is 0 Å². The molecule has 152 valence electrons. The van der Waals surface area contributed by atoms with E-state index in [4.69, 9.17) is 17.0 Å². The quantitative estimate of drug-likeness (QED) is 0.645. The number of hydrogen-bond acceptors (Lipinski definition) is 5. The Labute approximate surface area is 174 Å². The summed E-state index contributed by atoms with van der Waals surface area (Å²) in [7, 11) is 0. The lowest BCUT2D eigenvalue weighted by molar-refractivity contribution is -0.133. The van der Waals surface area contributed by atoms with Crippen LogP contribution in [-0.4, -0.2) is 50.3 Å². The van der Waals surface area contributed by atoms with Gasteiger partial charge in [-0.1, -0.05) is 37.2 Å². The first-order valence-corrected chi connectivity index (χ1v) is 10.5. The average Bonchev–Trinajstić information content (AvgIpc) is 3.05. The summed E-state index contributed by atoms with van der Waals surface area (Å²) in [5.41, 5.74) is 1.46. The Bertz CT molecular complexity index is 1050. The van der Waals surface area contributed by atoms with Crippen LogP contribution >= 0.6 is 12.2 Å². The zero-order chi connectivity index (χ0) is 20.2. The first-order chi connectivity index (χ1) is 14.2. The molecule has 1 atom stereocenters. The van der Waals surface area contributed by atoms with Crippen molar-refractivity contribution in [2.75, 3.05) is 19.7 Å². The maximum Gasteiger partial charge on any atom is 0.250 e. The van der Waals surface area contributed by atoms with E-state index in [-0.39, 0.29) is 5.91 Å². The molecule has 1 aliphatic rings. The lowest BCUT2D eigenvalue weighted by atomic mass is 10.0. The highest BCUT2D eigenvalue weighted by Gasteiger charge is 2.29. The third-order valence-electron chi connectivity index (χ3n) is 5.31. The molecule has 0 spiro atoms. The van der Waals surface area contributed by atoms with Gasteiger partial charge in [-0.25, -0.2) is 4.98 Å². The van der Waals surface area contributed by atoms with Gasteiger partial charge in [0, 0.05) is 13.1 Å². The number of nitrogens with one attached hydrogen (secondary N) is 1. The monoisotopic (exact) mass is 411 g/mol. The smallest absolute Gasteiger partial charge is 0.250 e. The average molecular weight is 412 g/mol. The Morgan fingerprint density at radius 2 is 2.07 bits per heavy atom. The third-order valence-corrected chi connectivity index (χ3v) is 5.74. The number of carbonyl (C=O) groups is 1. The molecule has 0 bridgehead atoms. The molecule has 3 aromatic rings. The minimum Gasteiger partial charge on any atom is -0.494 e. The number of benzene rings is 1. The van der Waals surface area contributed by atoms with Gasteiger partial charge in [-0.2, -0.15) is 5.10 Å². The van der Waals surface area contributed by atoms with E-state index in [1.807, 2.05) is 36.1 Å². The first kappa shape index (κ1) is 19.6. The molecule has 29 heavy (non-hydrogen) atoms. The lowest BCUT2D eigenvalue weighted by Gasteiger charge is -2.28. The van der Waals surface area contributed by atoms with Crippen molar-refractivity contribution in [3.63, 3.8) is 0 Å². The van der Waals surface area contributed by atoms with E-state index in [0.29, 0.717) is 16.9 Å². The predicted octanol–water partition coefficient (Wildman–Crippen LogP) is 3.88. The van der Waals surface area contributed by atoms with Crippen LogP contribution in [0, 0.1) is 4.64 Å². The highest BCUT2D eigenvalue weighted by atomic mass is 32.1. The van der Waals surface area contributed by atoms with Gasteiger partial charge in [0.15, 0.2) is 5.65 Å². The van der Waals surface area contributed by atoms with Crippen molar-refractivity contribution >= 4 is 29.2 Å². The zero-order valence-corrected chi connectivity index (χ0v) is 17.3. The minimum atomic E-state index is -0.590. The number of H-pyrrole nitrogens is 1. The van der Waals surface area contributed by atoms with E-state index in [9.17, 15) is 4.79 Å². The fraction of sp³-hybridized carbons (Fsp3) is 0.429.